The lowest BCUT2D eigenvalue weighted by Gasteiger charge is -2.34. The molecule has 0 saturated carbocycles. The Kier molecular flexibility index (Phi) is 7.48. The average Bonchev–Trinajstić information content (AvgIpc) is 3.33. The van der Waals surface area contributed by atoms with Gasteiger partial charge in [-0.3, -0.25) is 14.4 Å². The lowest BCUT2D eigenvalue weighted by atomic mass is 9.71. The van der Waals surface area contributed by atoms with E-state index < -0.39 is 22.6 Å². The quantitative estimate of drug-likeness (QED) is 0.386. The molecule has 7 nitrogen and oxygen atoms in total. The number of rotatable bonds is 11. The third-order valence-corrected chi connectivity index (χ3v) is 8.45. The lowest BCUT2D eigenvalue weighted by Crippen LogP contribution is -2.53. The number of carbonyl (C=O) groups excluding carboxylic acids is 3. The molecule has 2 bridgehead atoms. The van der Waals surface area contributed by atoms with Gasteiger partial charge < -0.3 is 20.1 Å². The van der Waals surface area contributed by atoms with Crippen LogP contribution in [0.3, 0.4) is 0 Å². The van der Waals surface area contributed by atoms with Crippen molar-refractivity contribution in [2.24, 2.45) is 11.8 Å². The van der Waals surface area contributed by atoms with Crippen LogP contribution in [0.2, 0.25) is 0 Å². The monoisotopic (exact) mass is 426 g/mol. The normalized spacial score (nSPS) is 32.5. The summed E-state index contributed by atoms with van der Waals surface area (Å²) < 4.78 is 4.78. The Morgan fingerprint density at radius 2 is 2.07 bits per heavy atom. The van der Waals surface area contributed by atoms with Crippen LogP contribution < -0.4 is 5.32 Å². The van der Waals surface area contributed by atoms with Gasteiger partial charge >= 0.3 is 5.97 Å². The Balaban J connectivity index is 1.85. The number of amides is 2. The number of aliphatic hydroxyl groups is 1. The van der Waals surface area contributed by atoms with Crippen molar-refractivity contribution in [3.63, 3.8) is 0 Å². The minimum Gasteiger partial charge on any atom is -0.466 e. The van der Waals surface area contributed by atoms with Crippen LogP contribution in [-0.2, 0) is 19.1 Å². The number of esters is 1. The second-order valence-electron chi connectivity index (χ2n) is 8.27. The van der Waals surface area contributed by atoms with Crippen LogP contribution in [0, 0.1) is 11.8 Å². The first kappa shape index (κ1) is 22.4. The molecule has 0 aromatic heterocycles. The second kappa shape index (κ2) is 9.69. The van der Waals surface area contributed by atoms with Crippen LogP contribution in [0.4, 0.5) is 0 Å². The average molecular weight is 427 g/mol. The van der Waals surface area contributed by atoms with Crippen molar-refractivity contribution in [2.45, 2.75) is 74.8 Å². The number of carbonyl (C=O) groups is 3. The number of hydrogen-bond acceptors (Lipinski definition) is 6. The molecule has 29 heavy (non-hydrogen) atoms. The maximum atomic E-state index is 13.5. The number of unbranched alkanes of at least 4 members (excludes halogenated alkanes) is 3. The molecule has 0 aliphatic carbocycles. The molecule has 3 aliphatic heterocycles. The Morgan fingerprint density at radius 1 is 1.28 bits per heavy atom. The molecule has 2 N–H and O–H groups in total. The molecule has 2 unspecified atom stereocenters. The van der Waals surface area contributed by atoms with Gasteiger partial charge in [0.15, 0.2) is 0 Å². The van der Waals surface area contributed by atoms with Crippen molar-refractivity contribution < 1.29 is 24.2 Å². The van der Waals surface area contributed by atoms with Crippen LogP contribution in [0.5, 0.6) is 0 Å². The predicted octanol–water partition coefficient (Wildman–Crippen LogP) is 1.72. The minimum absolute atomic E-state index is 0.0606. The molecule has 164 valence electrons. The van der Waals surface area contributed by atoms with Gasteiger partial charge in [-0.25, -0.2) is 0 Å². The Hall–Kier alpha value is -1.28. The van der Waals surface area contributed by atoms with Gasteiger partial charge in [-0.2, -0.15) is 0 Å². The molecule has 3 heterocycles. The van der Waals surface area contributed by atoms with E-state index in [-0.39, 0.29) is 29.6 Å². The highest BCUT2D eigenvalue weighted by molar-refractivity contribution is 8.02. The first-order valence-corrected chi connectivity index (χ1v) is 11.9. The highest BCUT2D eigenvalue weighted by atomic mass is 32.2. The van der Waals surface area contributed by atoms with E-state index in [2.05, 4.69) is 12.2 Å². The van der Waals surface area contributed by atoms with Gasteiger partial charge in [-0.1, -0.05) is 13.3 Å². The van der Waals surface area contributed by atoms with E-state index in [9.17, 15) is 14.4 Å². The van der Waals surface area contributed by atoms with Crippen molar-refractivity contribution in [2.75, 3.05) is 26.3 Å². The standard InChI is InChI=1S/C21H34N2O5S/c1-3-5-11-22-18(25)17-21-10-9-14(29-21)15(20(27)28-4-2)16(21)19(26)23(17)12-7-6-8-13-24/h14-17,24H,3-13H2,1-2H3,(H,22,25)/t14-,15+,16-,17?,21?/m0/s1. The molecule has 3 fully saturated rings. The molecule has 2 amide bonds. The molecule has 3 saturated heterocycles. The molecule has 3 rings (SSSR count). The Bertz CT molecular complexity index is 630. The molecular formula is C21H34N2O5S. The molecular weight excluding hydrogens is 392 g/mol. The summed E-state index contributed by atoms with van der Waals surface area (Å²) in [5.41, 5.74) is 0. The van der Waals surface area contributed by atoms with Gasteiger partial charge in [0.1, 0.15) is 6.04 Å². The summed E-state index contributed by atoms with van der Waals surface area (Å²) in [6.07, 6.45) is 5.75. The molecule has 5 atom stereocenters. The van der Waals surface area contributed by atoms with E-state index >= 15 is 0 Å². The van der Waals surface area contributed by atoms with Crippen molar-refractivity contribution in [3.8, 4) is 0 Å². The number of fused-ring (bicyclic) bond motifs is 1. The fourth-order valence-corrected chi connectivity index (χ4v) is 7.46. The third kappa shape index (κ3) is 4.02. The van der Waals surface area contributed by atoms with Crippen LogP contribution in [-0.4, -0.2) is 70.1 Å². The van der Waals surface area contributed by atoms with E-state index in [0.29, 0.717) is 26.1 Å². The SMILES string of the molecule is CCCCNC(=O)C1N(CCCCCO)C(=O)[C@@H]2[C@H](C(=O)OCC)[C@@H]3CCC12S3. The summed E-state index contributed by atoms with van der Waals surface area (Å²) in [4.78, 5) is 41.1. The van der Waals surface area contributed by atoms with Gasteiger partial charge in [0.05, 0.1) is 23.2 Å². The predicted molar refractivity (Wildman–Crippen MR) is 111 cm³/mol. The van der Waals surface area contributed by atoms with E-state index in [1.807, 2.05) is 0 Å². The minimum atomic E-state index is -0.527. The smallest absolute Gasteiger partial charge is 0.310 e. The first-order valence-electron chi connectivity index (χ1n) is 11.0. The highest BCUT2D eigenvalue weighted by Crippen LogP contribution is 2.66. The largest absolute Gasteiger partial charge is 0.466 e. The third-order valence-electron chi connectivity index (χ3n) is 6.49. The summed E-state index contributed by atoms with van der Waals surface area (Å²) >= 11 is 1.67. The topological polar surface area (TPSA) is 95.9 Å². The van der Waals surface area contributed by atoms with Crippen LogP contribution in [0.25, 0.3) is 0 Å². The van der Waals surface area contributed by atoms with E-state index in [4.69, 9.17) is 9.84 Å². The Morgan fingerprint density at radius 3 is 2.76 bits per heavy atom. The molecule has 0 aromatic rings. The van der Waals surface area contributed by atoms with Gasteiger partial charge in [0.2, 0.25) is 11.8 Å². The summed E-state index contributed by atoms with van der Waals surface area (Å²) in [5, 5.41) is 12.1. The molecule has 3 aliphatic rings. The maximum absolute atomic E-state index is 13.5. The zero-order valence-electron chi connectivity index (χ0n) is 17.5. The zero-order chi connectivity index (χ0) is 21.0. The number of nitrogens with zero attached hydrogens (tertiary/aromatic N) is 1. The maximum Gasteiger partial charge on any atom is 0.310 e. The van der Waals surface area contributed by atoms with E-state index in [0.717, 1.165) is 38.5 Å². The highest BCUT2D eigenvalue weighted by Gasteiger charge is 2.73. The van der Waals surface area contributed by atoms with Crippen LogP contribution in [0.15, 0.2) is 0 Å². The number of thioether (sulfide) groups is 1. The van der Waals surface area contributed by atoms with Crippen LogP contribution >= 0.6 is 11.8 Å². The van der Waals surface area contributed by atoms with E-state index in [1.165, 1.54) is 0 Å². The van der Waals surface area contributed by atoms with Crippen molar-refractivity contribution >= 4 is 29.5 Å². The number of nitrogens with one attached hydrogen (secondary N) is 1. The number of hydrogen-bond donors (Lipinski definition) is 2. The van der Waals surface area contributed by atoms with Crippen molar-refractivity contribution in [1.82, 2.24) is 10.2 Å². The molecule has 0 radical (unpaired) electrons. The second-order valence-corrected chi connectivity index (χ2v) is 9.87. The first-order chi connectivity index (χ1) is 14.0. The van der Waals surface area contributed by atoms with E-state index in [1.54, 1.807) is 23.6 Å². The van der Waals surface area contributed by atoms with Gasteiger partial charge in [-0.15, -0.1) is 11.8 Å². The summed E-state index contributed by atoms with van der Waals surface area (Å²) in [6, 6.07) is -0.527. The van der Waals surface area contributed by atoms with Crippen molar-refractivity contribution in [1.29, 1.82) is 0 Å². The molecule has 8 heteroatoms. The lowest BCUT2D eigenvalue weighted by molar-refractivity contribution is -0.153. The van der Waals surface area contributed by atoms with Crippen LogP contribution in [0.1, 0.15) is 58.8 Å². The zero-order valence-corrected chi connectivity index (χ0v) is 18.3. The molecule has 0 aromatic carbocycles. The fraction of sp³-hybridized carbons (Fsp3) is 0.857. The Labute approximate surface area is 177 Å². The number of ether oxygens (including phenoxy) is 1. The van der Waals surface area contributed by atoms with Gasteiger partial charge in [-0.05, 0) is 45.4 Å². The number of aliphatic hydroxyl groups excluding tert-OH is 1. The summed E-state index contributed by atoms with van der Waals surface area (Å²) in [6.45, 7) is 5.38. The molecule has 1 spiro atoms. The summed E-state index contributed by atoms with van der Waals surface area (Å²) in [7, 11) is 0. The fourth-order valence-electron chi connectivity index (χ4n) is 5.26. The van der Waals surface area contributed by atoms with Gasteiger partial charge in [0.25, 0.3) is 0 Å². The van der Waals surface area contributed by atoms with Gasteiger partial charge in [0, 0.05) is 24.9 Å². The summed E-state index contributed by atoms with van der Waals surface area (Å²) in [5.74, 6) is -1.37. The van der Waals surface area contributed by atoms with Crippen molar-refractivity contribution in [3.05, 3.63) is 0 Å². The number of likely N-dealkylation sites (tertiary alicyclic amines) is 1.